The quantitative estimate of drug-likeness (QED) is 0.817. The largest absolute Gasteiger partial charge is 0.492 e. The summed E-state index contributed by atoms with van der Waals surface area (Å²) in [6, 6.07) is 12.5. The molecule has 2 nitrogen and oxygen atoms in total. The van der Waals surface area contributed by atoms with E-state index < -0.39 is 0 Å². The fourth-order valence-electron chi connectivity index (χ4n) is 2.22. The van der Waals surface area contributed by atoms with Crippen LogP contribution < -0.4 is 10.1 Å². The van der Waals surface area contributed by atoms with Crippen molar-refractivity contribution in [3.05, 3.63) is 58.9 Å². The fourth-order valence-corrected chi connectivity index (χ4v) is 2.45. The highest BCUT2D eigenvalue weighted by atomic mass is 35.5. The molecule has 0 saturated heterocycles. The van der Waals surface area contributed by atoms with Crippen molar-refractivity contribution in [2.75, 3.05) is 11.9 Å². The van der Waals surface area contributed by atoms with Crippen LogP contribution in [0.15, 0.2) is 42.5 Å². The van der Waals surface area contributed by atoms with Crippen molar-refractivity contribution in [2.24, 2.45) is 0 Å². The summed E-state index contributed by atoms with van der Waals surface area (Å²) in [5, 5.41) is 3.94. The maximum atomic E-state index is 13.2. The van der Waals surface area contributed by atoms with Crippen LogP contribution in [0.2, 0.25) is 5.02 Å². The van der Waals surface area contributed by atoms with E-state index in [1.54, 1.807) is 12.1 Å². The minimum Gasteiger partial charge on any atom is -0.492 e. The Balaban J connectivity index is 1.99. The third kappa shape index (κ3) is 4.64. The van der Waals surface area contributed by atoms with Crippen molar-refractivity contribution in [1.82, 2.24) is 0 Å². The zero-order chi connectivity index (χ0) is 15.2. The van der Waals surface area contributed by atoms with Crippen LogP contribution in [0.4, 0.5) is 10.1 Å². The molecule has 1 atom stereocenters. The molecule has 0 saturated carbocycles. The van der Waals surface area contributed by atoms with Gasteiger partial charge in [-0.2, -0.15) is 0 Å². The van der Waals surface area contributed by atoms with Gasteiger partial charge in [0.15, 0.2) is 0 Å². The van der Waals surface area contributed by atoms with E-state index in [4.69, 9.17) is 16.3 Å². The monoisotopic (exact) mass is 307 g/mol. The molecule has 0 bridgehead atoms. The lowest BCUT2D eigenvalue weighted by Crippen LogP contribution is -2.18. The molecule has 0 aromatic heterocycles. The number of nitrogens with one attached hydrogen (secondary N) is 1. The van der Waals surface area contributed by atoms with Gasteiger partial charge in [0.1, 0.15) is 11.6 Å². The molecule has 112 valence electrons. The number of hydrogen-bond acceptors (Lipinski definition) is 2. The SMILES string of the molecule is CCOc1ccc(NC(C)Cc2cccc(F)c2)cc1Cl. The first-order chi connectivity index (χ1) is 10.1. The highest BCUT2D eigenvalue weighted by molar-refractivity contribution is 6.32. The number of halogens is 2. The molecule has 0 heterocycles. The van der Waals surface area contributed by atoms with Crippen molar-refractivity contribution in [3.8, 4) is 5.75 Å². The van der Waals surface area contributed by atoms with Crippen LogP contribution in [-0.2, 0) is 6.42 Å². The highest BCUT2D eigenvalue weighted by Crippen LogP contribution is 2.28. The predicted molar refractivity (Wildman–Crippen MR) is 85.8 cm³/mol. The van der Waals surface area contributed by atoms with Crippen LogP contribution in [0.25, 0.3) is 0 Å². The Bertz CT molecular complexity index is 603. The summed E-state index contributed by atoms with van der Waals surface area (Å²) in [7, 11) is 0. The van der Waals surface area contributed by atoms with E-state index in [2.05, 4.69) is 12.2 Å². The van der Waals surface area contributed by atoms with Crippen LogP contribution in [0.1, 0.15) is 19.4 Å². The maximum Gasteiger partial charge on any atom is 0.138 e. The second-order valence-corrected chi connectivity index (χ2v) is 5.36. The Morgan fingerprint density at radius 1 is 1.24 bits per heavy atom. The maximum absolute atomic E-state index is 13.2. The highest BCUT2D eigenvalue weighted by Gasteiger charge is 2.07. The number of hydrogen-bond donors (Lipinski definition) is 1. The Labute approximate surface area is 129 Å². The molecule has 4 heteroatoms. The lowest BCUT2D eigenvalue weighted by Gasteiger charge is -2.16. The molecule has 1 N–H and O–H groups in total. The van der Waals surface area contributed by atoms with Gasteiger partial charge in [-0.1, -0.05) is 23.7 Å². The second kappa shape index (κ2) is 7.32. The normalized spacial score (nSPS) is 12.0. The van der Waals surface area contributed by atoms with Gasteiger partial charge in [0.25, 0.3) is 0 Å². The average molecular weight is 308 g/mol. The molecular formula is C17H19ClFNO. The molecule has 0 aliphatic carbocycles. The Morgan fingerprint density at radius 2 is 2.05 bits per heavy atom. The van der Waals surface area contributed by atoms with Crippen molar-refractivity contribution in [3.63, 3.8) is 0 Å². The summed E-state index contributed by atoms with van der Waals surface area (Å²) >= 11 is 6.16. The molecule has 2 aromatic carbocycles. The number of benzene rings is 2. The van der Waals surface area contributed by atoms with Gasteiger partial charge in [-0.3, -0.25) is 0 Å². The van der Waals surface area contributed by atoms with Gasteiger partial charge in [-0.05, 0) is 56.2 Å². The molecule has 1 unspecified atom stereocenters. The lowest BCUT2D eigenvalue weighted by atomic mass is 10.1. The van der Waals surface area contributed by atoms with E-state index in [-0.39, 0.29) is 11.9 Å². The first-order valence-corrected chi connectivity index (χ1v) is 7.39. The van der Waals surface area contributed by atoms with Gasteiger partial charge in [-0.15, -0.1) is 0 Å². The van der Waals surface area contributed by atoms with Crippen molar-refractivity contribution < 1.29 is 9.13 Å². The molecule has 0 amide bonds. The van der Waals surface area contributed by atoms with Gasteiger partial charge in [0.2, 0.25) is 0 Å². The van der Waals surface area contributed by atoms with E-state index >= 15 is 0 Å². The van der Waals surface area contributed by atoms with Crippen molar-refractivity contribution >= 4 is 17.3 Å². The van der Waals surface area contributed by atoms with Crippen molar-refractivity contribution in [1.29, 1.82) is 0 Å². The standard InChI is InChI=1S/C17H19ClFNO/c1-3-21-17-8-7-15(11-16(17)18)20-12(2)9-13-5-4-6-14(19)10-13/h4-8,10-12,20H,3,9H2,1-2H3. The molecule has 0 fully saturated rings. The molecule has 0 spiro atoms. The second-order valence-electron chi connectivity index (χ2n) is 4.96. The van der Waals surface area contributed by atoms with E-state index in [1.807, 2.05) is 31.2 Å². The first kappa shape index (κ1) is 15.6. The molecule has 0 aliphatic heterocycles. The summed E-state index contributed by atoms with van der Waals surface area (Å²) in [5.41, 5.74) is 1.89. The average Bonchev–Trinajstić information content (AvgIpc) is 2.42. The molecular weight excluding hydrogens is 289 g/mol. The van der Waals surface area contributed by atoms with Gasteiger partial charge in [0.05, 0.1) is 11.6 Å². The third-order valence-corrected chi connectivity index (χ3v) is 3.37. The topological polar surface area (TPSA) is 21.3 Å². The van der Waals surface area contributed by atoms with Gasteiger partial charge >= 0.3 is 0 Å². The minimum atomic E-state index is -0.205. The van der Waals surface area contributed by atoms with E-state index in [0.717, 1.165) is 17.7 Å². The molecule has 0 aliphatic rings. The number of anilines is 1. The summed E-state index contributed by atoms with van der Waals surface area (Å²) in [5.74, 6) is 0.478. The zero-order valence-corrected chi connectivity index (χ0v) is 13.0. The van der Waals surface area contributed by atoms with Crippen LogP contribution in [0.5, 0.6) is 5.75 Å². The number of rotatable bonds is 6. The van der Waals surface area contributed by atoms with Crippen molar-refractivity contribution in [2.45, 2.75) is 26.3 Å². The van der Waals surface area contributed by atoms with E-state index in [9.17, 15) is 4.39 Å². The van der Waals surface area contributed by atoms with Crippen LogP contribution in [-0.4, -0.2) is 12.6 Å². The van der Waals surface area contributed by atoms with Crippen LogP contribution in [0, 0.1) is 5.82 Å². The van der Waals surface area contributed by atoms with Gasteiger partial charge in [-0.25, -0.2) is 4.39 Å². The van der Waals surface area contributed by atoms with Gasteiger partial charge in [0, 0.05) is 11.7 Å². The Morgan fingerprint density at radius 3 is 2.71 bits per heavy atom. The van der Waals surface area contributed by atoms with Crippen LogP contribution in [0.3, 0.4) is 0 Å². The predicted octanol–water partition coefficient (Wildman–Crippen LogP) is 4.92. The van der Waals surface area contributed by atoms with Gasteiger partial charge < -0.3 is 10.1 Å². The smallest absolute Gasteiger partial charge is 0.138 e. The third-order valence-electron chi connectivity index (χ3n) is 3.08. The van der Waals surface area contributed by atoms with Crippen LogP contribution >= 0.6 is 11.6 Å². The first-order valence-electron chi connectivity index (χ1n) is 7.02. The van der Waals surface area contributed by atoms with E-state index in [0.29, 0.717) is 17.4 Å². The number of ether oxygens (including phenoxy) is 1. The molecule has 2 rings (SSSR count). The Hall–Kier alpha value is -1.74. The summed E-state index contributed by atoms with van der Waals surface area (Å²) in [6.07, 6.45) is 0.739. The minimum absolute atomic E-state index is 0.167. The molecule has 2 aromatic rings. The summed E-state index contributed by atoms with van der Waals surface area (Å²) in [4.78, 5) is 0. The van der Waals surface area contributed by atoms with E-state index in [1.165, 1.54) is 6.07 Å². The summed E-state index contributed by atoms with van der Waals surface area (Å²) < 4.78 is 18.6. The fraction of sp³-hybridized carbons (Fsp3) is 0.294. The molecule has 21 heavy (non-hydrogen) atoms. The summed E-state index contributed by atoms with van der Waals surface area (Å²) in [6.45, 7) is 4.56. The zero-order valence-electron chi connectivity index (χ0n) is 12.2. The lowest BCUT2D eigenvalue weighted by molar-refractivity contribution is 0.340. The molecule has 0 radical (unpaired) electrons. The Kier molecular flexibility index (Phi) is 5.45.